The summed E-state index contributed by atoms with van der Waals surface area (Å²) in [6, 6.07) is 1.69. The quantitative estimate of drug-likeness (QED) is 0.709. The molecule has 0 bridgehead atoms. The Bertz CT molecular complexity index is 381. The Morgan fingerprint density at radius 3 is 2.20 bits per heavy atom. The molecule has 15 heavy (non-hydrogen) atoms. The van der Waals surface area contributed by atoms with E-state index in [0.717, 1.165) is 0 Å². The molecule has 0 heterocycles. The van der Waals surface area contributed by atoms with Gasteiger partial charge in [-0.25, -0.2) is 4.79 Å². The fraction of sp³-hybridized carbons (Fsp3) is 0.125. The summed E-state index contributed by atoms with van der Waals surface area (Å²) in [6.45, 7) is 0. The van der Waals surface area contributed by atoms with Gasteiger partial charge in [0.05, 0.1) is 5.56 Å². The van der Waals surface area contributed by atoms with Crippen LogP contribution in [0.2, 0.25) is 0 Å². The van der Waals surface area contributed by atoms with Crippen LogP contribution < -0.4 is 0 Å². The maximum atomic E-state index is 12.0. The molecule has 0 aliphatic rings. The van der Waals surface area contributed by atoms with Gasteiger partial charge in [-0.2, -0.15) is 13.2 Å². The first kappa shape index (κ1) is 13.3. The molecule has 0 saturated heterocycles. The van der Waals surface area contributed by atoms with Crippen LogP contribution in [0.3, 0.4) is 0 Å². The Hall–Kier alpha value is -1.66. The molecule has 0 aromatic heterocycles. The van der Waals surface area contributed by atoms with Crippen LogP contribution in [0.1, 0.15) is 17.3 Å². The summed E-state index contributed by atoms with van der Waals surface area (Å²) < 4.78 is 36.1. The van der Waals surface area contributed by atoms with Gasteiger partial charge in [0, 0.05) is 9.84 Å². The van der Waals surface area contributed by atoms with Crippen LogP contribution in [0.15, 0.2) is 18.2 Å². The Morgan fingerprint density at radius 2 is 1.87 bits per heavy atom. The molecule has 3 nitrogen and oxygen atoms in total. The number of carbonyl (C=O) groups is 1. The van der Waals surface area contributed by atoms with Crippen molar-refractivity contribution < 1.29 is 29.6 Å². The van der Waals surface area contributed by atoms with Gasteiger partial charge < -0.3 is 10.2 Å². The van der Waals surface area contributed by atoms with Gasteiger partial charge in [-0.3, -0.25) is 0 Å². The van der Waals surface area contributed by atoms with Crippen molar-refractivity contribution >= 4 is 14.4 Å². The van der Waals surface area contributed by atoms with Crippen LogP contribution >= 0.6 is 0 Å². The van der Waals surface area contributed by atoms with E-state index in [0.29, 0.717) is 18.2 Å². The highest BCUT2D eigenvalue weighted by molar-refractivity contribution is 5.90. The average Bonchev–Trinajstić information content (AvgIpc) is 2.01. The summed E-state index contributed by atoms with van der Waals surface area (Å²) in [5.41, 5.74) is -1.64. The number of rotatable bonds is 1. The molecular formula is C8H7BF3O3. The number of halogens is 3. The minimum absolute atomic E-state index is 0. The second-order valence-electron chi connectivity index (χ2n) is 2.53. The molecule has 1 aromatic rings. The van der Waals surface area contributed by atoms with Gasteiger partial charge in [0.15, 0.2) is 0 Å². The summed E-state index contributed by atoms with van der Waals surface area (Å²) in [5, 5.41) is 17.4. The highest BCUT2D eigenvalue weighted by Crippen LogP contribution is 2.32. The number of hydrogen-bond acceptors (Lipinski definition) is 2. The molecule has 1 aromatic carbocycles. The lowest BCUT2D eigenvalue weighted by Crippen LogP contribution is -2.06. The Morgan fingerprint density at radius 1 is 1.33 bits per heavy atom. The predicted molar refractivity (Wildman–Crippen MR) is 47.9 cm³/mol. The van der Waals surface area contributed by atoms with Crippen molar-refractivity contribution in [3.8, 4) is 5.75 Å². The summed E-state index contributed by atoms with van der Waals surface area (Å²) >= 11 is 0. The highest BCUT2D eigenvalue weighted by Gasteiger charge is 2.31. The van der Waals surface area contributed by atoms with Gasteiger partial charge in [0.1, 0.15) is 11.3 Å². The molecule has 0 aliphatic carbocycles. The van der Waals surface area contributed by atoms with Crippen LogP contribution in [0.25, 0.3) is 0 Å². The van der Waals surface area contributed by atoms with Gasteiger partial charge in [-0.15, -0.1) is 0 Å². The minimum atomic E-state index is -4.59. The largest absolute Gasteiger partial charge is 0.507 e. The van der Waals surface area contributed by atoms with Crippen LogP contribution in [0.4, 0.5) is 13.2 Å². The van der Waals surface area contributed by atoms with E-state index < -0.39 is 29.0 Å². The lowest BCUT2D eigenvalue weighted by molar-refractivity contribution is -0.137. The first-order valence-electron chi connectivity index (χ1n) is 3.46. The number of benzene rings is 1. The number of alkyl halides is 3. The molecule has 0 amide bonds. The van der Waals surface area contributed by atoms with E-state index in [1.807, 2.05) is 0 Å². The topological polar surface area (TPSA) is 57.5 Å². The molecule has 3 radical (unpaired) electrons. The normalized spacial score (nSPS) is 10.6. The Labute approximate surface area is 86.2 Å². The molecule has 0 fully saturated rings. The van der Waals surface area contributed by atoms with Gasteiger partial charge in [-0.1, -0.05) is 0 Å². The van der Waals surface area contributed by atoms with E-state index in [1.54, 1.807) is 0 Å². The molecule has 0 aliphatic heterocycles. The second kappa shape index (κ2) is 4.25. The molecule has 0 atom stereocenters. The standard InChI is InChI=1S/C8H5F3O3.B.H2/c9-8(10,11)4-1-2-5(7(13)14)6(12)3-4;;/h1-3,12H,(H,13,14);;1H. The fourth-order valence-corrected chi connectivity index (χ4v) is 0.889. The van der Waals surface area contributed by atoms with Gasteiger partial charge in [-0.05, 0) is 18.2 Å². The number of phenols is 1. The second-order valence-corrected chi connectivity index (χ2v) is 2.53. The third-order valence-electron chi connectivity index (χ3n) is 1.56. The van der Waals surface area contributed by atoms with E-state index in [-0.39, 0.29) is 9.84 Å². The third-order valence-corrected chi connectivity index (χ3v) is 1.56. The zero-order chi connectivity index (χ0) is 10.9. The summed E-state index contributed by atoms with van der Waals surface area (Å²) in [6.07, 6.45) is -4.59. The lowest BCUT2D eigenvalue weighted by Gasteiger charge is -2.07. The molecule has 0 saturated carbocycles. The van der Waals surface area contributed by atoms with Crippen molar-refractivity contribution in [1.29, 1.82) is 0 Å². The molecule has 7 heteroatoms. The zero-order valence-electron chi connectivity index (χ0n) is 7.25. The Kier molecular flexibility index (Phi) is 3.78. The van der Waals surface area contributed by atoms with E-state index in [1.165, 1.54) is 0 Å². The monoisotopic (exact) mass is 219 g/mol. The van der Waals surface area contributed by atoms with E-state index >= 15 is 0 Å². The zero-order valence-corrected chi connectivity index (χ0v) is 7.25. The molecule has 0 spiro atoms. The molecule has 81 valence electrons. The van der Waals surface area contributed by atoms with E-state index in [2.05, 4.69) is 0 Å². The fourth-order valence-electron chi connectivity index (χ4n) is 0.889. The van der Waals surface area contributed by atoms with Crippen molar-refractivity contribution in [3.63, 3.8) is 0 Å². The van der Waals surface area contributed by atoms with Crippen molar-refractivity contribution in [1.82, 2.24) is 0 Å². The lowest BCUT2D eigenvalue weighted by atomic mass is 10.1. The predicted octanol–water partition coefficient (Wildman–Crippen LogP) is 1.97. The van der Waals surface area contributed by atoms with Crippen molar-refractivity contribution in [2.24, 2.45) is 0 Å². The van der Waals surface area contributed by atoms with Crippen molar-refractivity contribution in [2.45, 2.75) is 6.18 Å². The number of carboxylic acids is 1. The molecular weight excluding hydrogens is 212 g/mol. The third kappa shape index (κ3) is 2.90. The smallest absolute Gasteiger partial charge is 0.416 e. The van der Waals surface area contributed by atoms with Crippen molar-refractivity contribution in [3.05, 3.63) is 29.3 Å². The van der Waals surface area contributed by atoms with Gasteiger partial charge in [0.2, 0.25) is 0 Å². The van der Waals surface area contributed by atoms with Gasteiger partial charge >= 0.3 is 12.1 Å². The average molecular weight is 219 g/mol. The van der Waals surface area contributed by atoms with E-state index in [4.69, 9.17) is 10.2 Å². The summed E-state index contributed by atoms with van der Waals surface area (Å²) in [4.78, 5) is 10.3. The van der Waals surface area contributed by atoms with Crippen molar-refractivity contribution in [2.75, 3.05) is 0 Å². The van der Waals surface area contributed by atoms with Crippen LogP contribution in [-0.2, 0) is 6.18 Å². The van der Waals surface area contributed by atoms with Crippen LogP contribution in [0.5, 0.6) is 5.75 Å². The minimum Gasteiger partial charge on any atom is -0.507 e. The molecule has 2 N–H and O–H groups in total. The number of hydrogen-bond donors (Lipinski definition) is 2. The van der Waals surface area contributed by atoms with Gasteiger partial charge in [0.25, 0.3) is 0 Å². The molecule has 0 unspecified atom stereocenters. The maximum absolute atomic E-state index is 12.0. The SMILES string of the molecule is O=C(O)c1ccc(C(F)(F)F)cc1O.[B].[HH]. The highest BCUT2D eigenvalue weighted by atomic mass is 19.4. The first-order chi connectivity index (χ1) is 6.32. The van der Waals surface area contributed by atoms with Crippen LogP contribution in [-0.4, -0.2) is 24.6 Å². The molecule has 1 rings (SSSR count). The Balaban J connectivity index is 0. The number of aromatic carboxylic acids is 1. The summed E-state index contributed by atoms with van der Waals surface area (Å²) in [5.74, 6) is -2.37. The first-order valence-corrected chi connectivity index (χ1v) is 3.46. The summed E-state index contributed by atoms with van der Waals surface area (Å²) in [7, 11) is 0. The van der Waals surface area contributed by atoms with Crippen LogP contribution in [0, 0.1) is 0 Å². The maximum Gasteiger partial charge on any atom is 0.416 e. The van der Waals surface area contributed by atoms with E-state index in [9.17, 15) is 18.0 Å². The number of carboxylic acid groups (broad SMARTS) is 1. The number of aromatic hydroxyl groups is 1.